The molecule has 5 heteroatoms. The Morgan fingerprint density at radius 2 is 1.91 bits per heavy atom. The second-order valence-electron chi connectivity index (χ2n) is 4.85. The average molecular weight is 305 g/mol. The molecule has 0 heterocycles. The lowest BCUT2D eigenvalue weighted by Gasteiger charge is -2.07. The van der Waals surface area contributed by atoms with E-state index in [0.29, 0.717) is 12.2 Å². The molecular formula is C17H17F2NO2. The van der Waals surface area contributed by atoms with Gasteiger partial charge in [0.15, 0.2) is 0 Å². The average Bonchev–Trinajstić information content (AvgIpc) is 2.48. The number of alkyl halides is 2. The number of rotatable bonds is 6. The van der Waals surface area contributed by atoms with Crippen LogP contribution in [0.5, 0.6) is 5.75 Å². The van der Waals surface area contributed by atoms with Crippen molar-refractivity contribution in [3.8, 4) is 5.75 Å². The molecule has 0 unspecified atom stereocenters. The number of aryl methyl sites for hydroxylation is 2. The van der Waals surface area contributed by atoms with E-state index < -0.39 is 6.61 Å². The lowest BCUT2D eigenvalue weighted by molar-refractivity contribution is -0.0499. The Morgan fingerprint density at radius 1 is 1.14 bits per heavy atom. The summed E-state index contributed by atoms with van der Waals surface area (Å²) in [5.74, 6) is 0.0663. The smallest absolute Gasteiger partial charge is 0.387 e. The van der Waals surface area contributed by atoms with E-state index in [0.717, 1.165) is 16.7 Å². The largest absolute Gasteiger partial charge is 0.434 e. The van der Waals surface area contributed by atoms with E-state index in [2.05, 4.69) is 9.89 Å². The molecular weight excluding hydrogens is 288 g/mol. The van der Waals surface area contributed by atoms with E-state index in [1.165, 1.54) is 12.3 Å². The molecule has 0 radical (unpaired) electrons. The fraction of sp³-hybridized carbons (Fsp3) is 0.235. The van der Waals surface area contributed by atoms with Crippen LogP contribution in [0.25, 0.3) is 0 Å². The molecule has 2 aromatic rings. The van der Waals surface area contributed by atoms with E-state index in [9.17, 15) is 8.78 Å². The van der Waals surface area contributed by atoms with Crippen molar-refractivity contribution >= 4 is 6.21 Å². The molecule has 22 heavy (non-hydrogen) atoms. The highest BCUT2D eigenvalue weighted by Crippen LogP contribution is 2.18. The maximum atomic E-state index is 12.3. The summed E-state index contributed by atoms with van der Waals surface area (Å²) in [6.45, 7) is 1.45. The minimum Gasteiger partial charge on any atom is -0.434 e. The minimum atomic E-state index is -2.87. The SMILES string of the molecule is Cc1ccc(C)c(CO/N=C/c2ccccc2OC(F)F)c1. The van der Waals surface area contributed by atoms with Crippen LogP contribution in [0.4, 0.5) is 8.78 Å². The molecule has 0 spiro atoms. The highest BCUT2D eigenvalue weighted by atomic mass is 19.3. The van der Waals surface area contributed by atoms with Gasteiger partial charge in [0.25, 0.3) is 0 Å². The van der Waals surface area contributed by atoms with Gasteiger partial charge in [-0.05, 0) is 37.1 Å². The molecule has 0 aliphatic carbocycles. The van der Waals surface area contributed by atoms with E-state index in [4.69, 9.17) is 4.84 Å². The summed E-state index contributed by atoms with van der Waals surface area (Å²) in [7, 11) is 0. The second-order valence-corrected chi connectivity index (χ2v) is 4.85. The summed E-state index contributed by atoms with van der Waals surface area (Å²) in [6, 6.07) is 12.5. The van der Waals surface area contributed by atoms with Gasteiger partial charge in [0.1, 0.15) is 12.4 Å². The molecule has 0 fully saturated rings. The quantitative estimate of drug-likeness (QED) is 0.583. The first-order valence-corrected chi connectivity index (χ1v) is 6.81. The van der Waals surface area contributed by atoms with Crippen molar-refractivity contribution in [1.29, 1.82) is 0 Å². The molecule has 0 bridgehead atoms. The third-order valence-electron chi connectivity index (χ3n) is 3.13. The van der Waals surface area contributed by atoms with Crippen LogP contribution >= 0.6 is 0 Å². The molecule has 0 aliphatic heterocycles. The minimum absolute atomic E-state index is 0.0663. The summed E-state index contributed by atoms with van der Waals surface area (Å²) < 4.78 is 29.0. The molecule has 116 valence electrons. The van der Waals surface area contributed by atoms with Gasteiger partial charge in [-0.1, -0.05) is 41.1 Å². The van der Waals surface area contributed by atoms with Crippen molar-refractivity contribution in [3.63, 3.8) is 0 Å². The van der Waals surface area contributed by atoms with E-state index >= 15 is 0 Å². The van der Waals surface area contributed by atoms with Crippen molar-refractivity contribution in [1.82, 2.24) is 0 Å². The Morgan fingerprint density at radius 3 is 2.68 bits per heavy atom. The molecule has 2 aromatic carbocycles. The standard InChI is InChI=1S/C17H17F2NO2/c1-12-7-8-13(2)15(9-12)11-21-20-10-14-5-3-4-6-16(14)22-17(18)19/h3-10,17H,11H2,1-2H3/b20-10+. The fourth-order valence-electron chi connectivity index (χ4n) is 1.95. The van der Waals surface area contributed by atoms with Crippen LogP contribution in [0.2, 0.25) is 0 Å². The van der Waals surface area contributed by atoms with E-state index in [-0.39, 0.29) is 5.75 Å². The molecule has 2 rings (SSSR count). The maximum absolute atomic E-state index is 12.3. The van der Waals surface area contributed by atoms with E-state index in [1.54, 1.807) is 18.2 Å². The zero-order chi connectivity index (χ0) is 15.9. The number of hydrogen-bond acceptors (Lipinski definition) is 3. The first-order chi connectivity index (χ1) is 10.6. The van der Waals surface area contributed by atoms with Gasteiger partial charge in [0.2, 0.25) is 0 Å². The molecule has 0 aromatic heterocycles. The Kier molecular flexibility index (Phi) is 5.47. The van der Waals surface area contributed by atoms with Gasteiger partial charge in [-0.25, -0.2) is 0 Å². The summed E-state index contributed by atoms with van der Waals surface area (Å²) in [5, 5.41) is 3.83. The van der Waals surface area contributed by atoms with E-state index in [1.807, 2.05) is 32.0 Å². The Bertz CT molecular complexity index is 657. The predicted octanol–water partition coefficient (Wildman–Crippen LogP) is 4.46. The van der Waals surface area contributed by atoms with Gasteiger partial charge in [-0.2, -0.15) is 8.78 Å². The van der Waals surface area contributed by atoms with Gasteiger partial charge >= 0.3 is 6.61 Å². The number of ether oxygens (including phenoxy) is 1. The molecule has 0 saturated carbocycles. The van der Waals surface area contributed by atoms with Gasteiger partial charge in [-0.15, -0.1) is 0 Å². The number of hydrogen-bond donors (Lipinski definition) is 0. The summed E-state index contributed by atoms with van der Waals surface area (Å²) in [5.41, 5.74) is 3.73. The van der Waals surface area contributed by atoms with Crippen LogP contribution < -0.4 is 4.74 Å². The van der Waals surface area contributed by atoms with Crippen LogP contribution in [0.15, 0.2) is 47.6 Å². The highest BCUT2D eigenvalue weighted by molar-refractivity contribution is 5.83. The van der Waals surface area contributed by atoms with Crippen molar-refractivity contribution in [2.24, 2.45) is 5.16 Å². The zero-order valence-corrected chi connectivity index (χ0v) is 12.4. The van der Waals surface area contributed by atoms with Crippen LogP contribution in [0.3, 0.4) is 0 Å². The first-order valence-electron chi connectivity index (χ1n) is 6.81. The normalized spacial score (nSPS) is 11.1. The molecule has 0 atom stereocenters. The number of benzene rings is 2. The second kappa shape index (κ2) is 7.54. The van der Waals surface area contributed by atoms with Crippen molar-refractivity contribution < 1.29 is 18.4 Å². The third kappa shape index (κ3) is 4.55. The Balaban J connectivity index is 2.00. The van der Waals surface area contributed by atoms with Gasteiger partial charge in [-0.3, -0.25) is 0 Å². The van der Waals surface area contributed by atoms with Crippen molar-refractivity contribution in [2.75, 3.05) is 0 Å². The number of para-hydroxylation sites is 1. The summed E-state index contributed by atoms with van der Waals surface area (Å²) in [6.07, 6.45) is 1.36. The molecule has 0 amide bonds. The van der Waals surface area contributed by atoms with Crippen molar-refractivity contribution in [3.05, 3.63) is 64.7 Å². The van der Waals surface area contributed by atoms with Crippen molar-refractivity contribution in [2.45, 2.75) is 27.1 Å². The number of nitrogens with zero attached hydrogens (tertiary/aromatic N) is 1. The first kappa shape index (κ1) is 15.9. The third-order valence-corrected chi connectivity index (χ3v) is 3.13. The topological polar surface area (TPSA) is 30.8 Å². The van der Waals surface area contributed by atoms with Gasteiger partial charge in [0, 0.05) is 5.56 Å². The predicted molar refractivity (Wildman–Crippen MR) is 81.4 cm³/mol. The van der Waals surface area contributed by atoms with Crippen LogP contribution in [-0.2, 0) is 11.4 Å². The highest BCUT2D eigenvalue weighted by Gasteiger charge is 2.07. The molecule has 0 aliphatic rings. The monoisotopic (exact) mass is 305 g/mol. The lowest BCUT2D eigenvalue weighted by Crippen LogP contribution is -2.04. The Labute approximate surface area is 128 Å². The summed E-state index contributed by atoms with van der Waals surface area (Å²) in [4.78, 5) is 5.25. The fourth-order valence-corrected chi connectivity index (χ4v) is 1.95. The molecule has 3 nitrogen and oxygen atoms in total. The summed E-state index contributed by atoms with van der Waals surface area (Å²) >= 11 is 0. The lowest BCUT2D eigenvalue weighted by atomic mass is 10.1. The van der Waals surface area contributed by atoms with Crippen LogP contribution in [0.1, 0.15) is 22.3 Å². The molecule has 0 saturated heterocycles. The molecule has 0 N–H and O–H groups in total. The van der Waals surface area contributed by atoms with Crippen LogP contribution in [-0.4, -0.2) is 12.8 Å². The van der Waals surface area contributed by atoms with Gasteiger partial charge < -0.3 is 9.57 Å². The number of oxime groups is 1. The van der Waals surface area contributed by atoms with Gasteiger partial charge in [0.05, 0.1) is 6.21 Å². The zero-order valence-electron chi connectivity index (χ0n) is 12.4. The van der Waals surface area contributed by atoms with Crippen LogP contribution in [0, 0.1) is 13.8 Å². The Hall–Kier alpha value is -2.43. The number of halogens is 2. The maximum Gasteiger partial charge on any atom is 0.387 e.